The number of benzene rings is 1. The number of likely N-dealkylation sites (N-methyl/N-ethyl adjacent to an activating group) is 1. The van der Waals surface area contributed by atoms with Crippen molar-refractivity contribution >= 4 is 11.7 Å². The van der Waals surface area contributed by atoms with Gasteiger partial charge in [0.15, 0.2) is 5.78 Å². The van der Waals surface area contributed by atoms with Gasteiger partial charge in [-0.15, -0.1) is 0 Å². The number of aryl methyl sites for hydroxylation is 3. The van der Waals surface area contributed by atoms with E-state index in [0.717, 1.165) is 36.2 Å². The van der Waals surface area contributed by atoms with Crippen LogP contribution in [0.5, 0.6) is 0 Å². The first-order chi connectivity index (χ1) is 9.88. The molecule has 1 amide bonds. The Morgan fingerprint density at radius 3 is 2.38 bits per heavy atom. The van der Waals surface area contributed by atoms with Crippen LogP contribution in [0.25, 0.3) is 0 Å². The third-order valence-electron chi connectivity index (χ3n) is 4.08. The highest BCUT2D eigenvalue weighted by atomic mass is 16.2. The van der Waals surface area contributed by atoms with Crippen LogP contribution in [0.15, 0.2) is 12.1 Å². The van der Waals surface area contributed by atoms with Gasteiger partial charge < -0.3 is 4.90 Å². The summed E-state index contributed by atoms with van der Waals surface area (Å²) in [5, 5.41) is 0. The van der Waals surface area contributed by atoms with Crippen LogP contribution in [0.2, 0.25) is 0 Å². The molecule has 0 radical (unpaired) electrons. The summed E-state index contributed by atoms with van der Waals surface area (Å²) in [5.41, 5.74) is 4.03. The lowest BCUT2D eigenvalue weighted by molar-refractivity contribution is -0.129. The highest BCUT2D eigenvalue weighted by Crippen LogP contribution is 2.17. The fourth-order valence-corrected chi connectivity index (χ4v) is 3.08. The average molecular weight is 288 g/mol. The number of ketones is 1. The standard InChI is InChI=1S/C17H24N2O2/c1-12-8-13(2)17(14(3)9-12)15(20)10-19-7-5-6-18(4)16(21)11-19/h8-9H,5-7,10-11H2,1-4H3. The normalized spacial score (nSPS) is 17.0. The highest BCUT2D eigenvalue weighted by Gasteiger charge is 2.22. The van der Waals surface area contributed by atoms with Crippen LogP contribution < -0.4 is 0 Å². The molecule has 0 aliphatic carbocycles. The number of hydrogen-bond acceptors (Lipinski definition) is 3. The molecule has 4 nitrogen and oxygen atoms in total. The largest absolute Gasteiger partial charge is 0.345 e. The predicted molar refractivity (Wildman–Crippen MR) is 83.7 cm³/mol. The van der Waals surface area contributed by atoms with E-state index in [1.807, 2.05) is 44.9 Å². The summed E-state index contributed by atoms with van der Waals surface area (Å²) in [7, 11) is 1.82. The topological polar surface area (TPSA) is 40.6 Å². The molecule has 1 saturated heterocycles. The molecule has 1 heterocycles. The van der Waals surface area contributed by atoms with Crippen molar-refractivity contribution in [2.75, 3.05) is 33.2 Å². The zero-order valence-electron chi connectivity index (χ0n) is 13.4. The molecule has 0 spiro atoms. The van der Waals surface area contributed by atoms with Crippen molar-refractivity contribution in [1.82, 2.24) is 9.80 Å². The second-order valence-corrected chi connectivity index (χ2v) is 6.08. The quantitative estimate of drug-likeness (QED) is 0.798. The smallest absolute Gasteiger partial charge is 0.236 e. The van der Waals surface area contributed by atoms with Gasteiger partial charge in [-0.05, 0) is 38.3 Å². The maximum absolute atomic E-state index is 12.6. The van der Waals surface area contributed by atoms with Crippen molar-refractivity contribution in [2.24, 2.45) is 0 Å². The molecule has 1 fully saturated rings. The highest BCUT2D eigenvalue weighted by molar-refractivity contribution is 6.00. The molecule has 0 unspecified atom stereocenters. The van der Waals surface area contributed by atoms with Crippen molar-refractivity contribution in [2.45, 2.75) is 27.2 Å². The summed E-state index contributed by atoms with van der Waals surface area (Å²) in [4.78, 5) is 28.2. The molecule has 0 aromatic heterocycles. The fourth-order valence-electron chi connectivity index (χ4n) is 3.08. The summed E-state index contributed by atoms with van der Waals surface area (Å²) in [5.74, 6) is 0.208. The van der Waals surface area contributed by atoms with Crippen molar-refractivity contribution in [3.05, 3.63) is 34.4 Å². The number of nitrogens with zero attached hydrogens (tertiary/aromatic N) is 2. The van der Waals surface area contributed by atoms with Gasteiger partial charge in [0.25, 0.3) is 0 Å². The molecule has 0 N–H and O–H groups in total. The van der Waals surface area contributed by atoms with Gasteiger partial charge in [0, 0.05) is 25.7 Å². The van der Waals surface area contributed by atoms with E-state index in [-0.39, 0.29) is 11.7 Å². The van der Waals surface area contributed by atoms with Crippen molar-refractivity contribution < 1.29 is 9.59 Å². The second kappa shape index (κ2) is 6.39. The van der Waals surface area contributed by atoms with E-state index < -0.39 is 0 Å². The van der Waals surface area contributed by atoms with Gasteiger partial charge in [-0.1, -0.05) is 17.7 Å². The minimum Gasteiger partial charge on any atom is -0.345 e. The van der Waals surface area contributed by atoms with E-state index in [0.29, 0.717) is 13.1 Å². The fraction of sp³-hybridized carbons (Fsp3) is 0.529. The van der Waals surface area contributed by atoms with Crippen molar-refractivity contribution in [3.8, 4) is 0 Å². The molecule has 1 aromatic carbocycles. The molecular formula is C17H24N2O2. The number of carbonyl (C=O) groups excluding carboxylic acids is 2. The minimum absolute atomic E-state index is 0.0950. The molecule has 1 aliphatic rings. The van der Waals surface area contributed by atoms with E-state index in [9.17, 15) is 9.59 Å². The first-order valence-corrected chi connectivity index (χ1v) is 7.46. The first kappa shape index (κ1) is 15.7. The second-order valence-electron chi connectivity index (χ2n) is 6.08. The van der Waals surface area contributed by atoms with Crippen LogP contribution in [0.1, 0.15) is 33.5 Å². The molecule has 1 aromatic rings. The van der Waals surface area contributed by atoms with Gasteiger partial charge in [-0.25, -0.2) is 0 Å². The molecule has 2 rings (SSSR count). The molecule has 21 heavy (non-hydrogen) atoms. The Hall–Kier alpha value is -1.68. The zero-order chi connectivity index (χ0) is 15.6. The van der Waals surface area contributed by atoms with Crippen LogP contribution in [0.3, 0.4) is 0 Å². The Labute approximate surface area is 126 Å². The maximum atomic E-state index is 12.6. The van der Waals surface area contributed by atoms with E-state index in [4.69, 9.17) is 0 Å². The summed E-state index contributed by atoms with van der Waals surface area (Å²) < 4.78 is 0. The zero-order valence-corrected chi connectivity index (χ0v) is 13.4. The molecule has 1 aliphatic heterocycles. The Bertz CT molecular complexity index is 543. The van der Waals surface area contributed by atoms with E-state index in [2.05, 4.69) is 0 Å². The van der Waals surface area contributed by atoms with Gasteiger partial charge in [0.1, 0.15) is 0 Å². The third kappa shape index (κ3) is 3.70. The number of hydrogen-bond donors (Lipinski definition) is 0. The summed E-state index contributed by atoms with van der Waals surface area (Å²) in [6.07, 6.45) is 0.918. The van der Waals surface area contributed by atoms with Crippen LogP contribution in [0.4, 0.5) is 0 Å². The van der Waals surface area contributed by atoms with E-state index in [1.54, 1.807) is 4.90 Å². The third-order valence-corrected chi connectivity index (χ3v) is 4.08. The molecule has 0 saturated carbocycles. The number of rotatable bonds is 3. The Kier molecular flexibility index (Phi) is 4.78. The van der Waals surface area contributed by atoms with Crippen LogP contribution in [0, 0.1) is 20.8 Å². The van der Waals surface area contributed by atoms with E-state index in [1.165, 1.54) is 5.56 Å². The molecular weight excluding hydrogens is 264 g/mol. The van der Waals surface area contributed by atoms with Gasteiger partial charge in [0.2, 0.25) is 5.91 Å². The van der Waals surface area contributed by atoms with Crippen LogP contribution in [-0.2, 0) is 4.79 Å². The molecule has 114 valence electrons. The molecule has 4 heteroatoms. The SMILES string of the molecule is Cc1cc(C)c(C(=O)CN2CCCN(C)C(=O)C2)c(C)c1. The van der Waals surface area contributed by atoms with Crippen molar-refractivity contribution in [1.29, 1.82) is 0 Å². The van der Waals surface area contributed by atoms with Gasteiger partial charge in [-0.2, -0.15) is 0 Å². The molecule has 0 bridgehead atoms. The molecule has 0 atom stereocenters. The number of amides is 1. The number of carbonyl (C=O) groups is 2. The monoisotopic (exact) mass is 288 g/mol. The Balaban J connectivity index is 2.13. The lowest BCUT2D eigenvalue weighted by atomic mass is 9.96. The predicted octanol–water partition coefficient (Wildman–Crippen LogP) is 1.96. The average Bonchev–Trinajstić information content (AvgIpc) is 2.50. The Morgan fingerprint density at radius 2 is 1.76 bits per heavy atom. The van der Waals surface area contributed by atoms with Gasteiger partial charge in [-0.3, -0.25) is 14.5 Å². The maximum Gasteiger partial charge on any atom is 0.236 e. The summed E-state index contributed by atoms with van der Waals surface area (Å²) in [6.45, 7) is 8.23. The van der Waals surface area contributed by atoms with Gasteiger partial charge in [0.05, 0.1) is 13.1 Å². The Morgan fingerprint density at radius 1 is 1.14 bits per heavy atom. The minimum atomic E-state index is 0.0950. The van der Waals surface area contributed by atoms with Crippen molar-refractivity contribution in [3.63, 3.8) is 0 Å². The van der Waals surface area contributed by atoms with Crippen LogP contribution in [-0.4, -0.2) is 54.7 Å². The van der Waals surface area contributed by atoms with Crippen LogP contribution >= 0.6 is 0 Å². The first-order valence-electron chi connectivity index (χ1n) is 7.46. The van der Waals surface area contributed by atoms with E-state index >= 15 is 0 Å². The van der Waals surface area contributed by atoms with Gasteiger partial charge >= 0.3 is 0 Å². The number of Topliss-reactive ketones (excluding diaryl/α,β-unsaturated/α-hetero) is 1. The lowest BCUT2D eigenvalue weighted by Crippen LogP contribution is -2.37. The lowest BCUT2D eigenvalue weighted by Gasteiger charge is -2.19. The summed E-state index contributed by atoms with van der Waals surface area (Å²) in [6, 6.07) is 4.09. The summed E-state index contributed by atoms with van der Waals surface area (Å²) >= 11 is 0.